The summed E-state index contributed by atoms with van der Waals surface area (Å²) < 4.78 is 0. The first-order valence-electron chi connectivity index (χ1n) is 6.02. The molecular weight excluding hydrogens is 210 g/mol. The lowest BCUT2D eigenvalue weighted by atomic mass is 10.00. The molecule has 0 aliphatic rings. The minimum absolute atomic E-state index is 0.0143. The maximum Gasteiger partial charge on any atom is 0.0914 e. The lowest BCUT2D eigenvalue weighted by Gasteiger charge is -2.15. The Hall–Kier alpha value is -1.30. The van der Waals surface area contributed by atoms with Gasteiger partial charge in [-0.1, -0.05) is 44.0 Å². The molecule has 1 aromatic rings. The summed E-state index contributed by atoms with van der Waals surface area (Å²) in [5.41, 5.74) is 2.21. The van der Waals surface area contributed by atoms with Gasteiger partial charge in [0, 0.05) is 6.54 Å². The minimum Gasteiger partial charge on any atom is -0.387 e. The Morgan fingerprint density at radius 3 is 2.18 bits per heavy atom. The van der Waals surface area contributed by atoms with Crippen LogP contribution < -0.4 is 5.32 Å². The smallest absolute Gasteiger partial charge is 0.0914 e. The van der Waals surface area contributed by atoms with Crippen molar-refractivity contribution in [2.24, 2.45) is 0 Å². The Morgan fingerprint density at radius 2 is 1.71 bits per heavy atom. The molecule has 0 heterocycles. The number of rotatable bonds is 5. The van der Waals surface area contributed by atoms with Crippen LogP contribution in [0.25, 0.3) is 0 Å². The maximum atomic E-state index is 9.96. The van der Waals surface area contributed by atoms with E-state index in [0.29, 0.717) is 12.5 Å². The molecule has 1 rings (SSSR count). The van der Waals surface area contributed by atoms with Crippen molar-refractivity contribution in [2.75, 3.05) is 6.54 Å². The Morgan fingerprint density at radius 1 is 1.18 bits per heavy atom. The SMILES string of the molecule is C#CC(C)NCC(O)c1ccc(C(C)C)cc1. The minimum atomic E-state index is -0.507. The maximum absolute atomic E-state index is 9.96. The fraction of sp³-hybridized carbons (Fsp3) is 0.467. The first-order valence-corrected chi connectivity index (χ1v) is 6.02. The molecular formula is C15H21NO. The zero-order valence-corrected chi connectivity index (χ0v) is 10.8. The summed E-state index contributed by atoms with van der Waals surface area (Å²) in [7, 11) is 0. The largest absolute Gasteiger partial charge is 0.387 e. The van der Waals surface area contributed by atoms with Gasteiger partial charge in [-0.25, -0.2) is 0 Å². The fourth-order valence-electron chi connectivity index (χ4n) is 1.57. The Bertz CT molecular complexity index is 375. The van der Waals surface area contributed by atoms with Gasteiger partial charge in [0.1, 0.15) is 0 Å². The number of benzene rings is 1. The molecule has 0 saturated heterocycles. The van der Waals surface area contributed by atoms with Gasteiger partial charge in [0.15, 0.2) is 0 Å². The summed E-state index contributed by atoms with van der Waals surface area (Å²) in [4.78, 5) is 0. The summed E-state index contributed by atoms with van der Waals surface area (Å²) in [5.74, 6) is 3.09. The normalized spacial score (nSPS) is 14.4. The summed E-state index contributed by atoms with van der Waals surface area (Å²) in [6, 6.07) is 8.06. The van der Waals surface area contributed by atoms with E-state index in [2.05, 4.69) is 37.2 Å². The lowest BCUT2D eigenvalue weighted by molar-refractivity contribution is 0.173. The third kappa shape index (κ3) is 4.22. The number of nitrogens with one attached hydrogen (secondary N) is 1. The van der Waals surface area contributed by atoms with Gasteiger partial charge in [-0.3, -0.25) is 0 Å². The lowest BCUT2D eigenvalue weighted by Crippen LogP contribution is -2.29. The molecule has 0 bridgehead atoms. The summed E-state index contributed by atoms with van der Waals surface area (Å²) in [5, 5.41) is 13.0. The second-order valence-electron chi connectivity index (χ2n) is 4.63. The number of terminal acetylenes is 1. The van der Waals surface area contributed by atoms with E-state index in [0.717, 1.165) is 5.56 Å². The van der Waals surface area contributed by atoms with Crippen molar-refractivity contribution in [3.05, 3.63) is 35.4 Å². The van der Waals surface area contributed by atoms with Crippen molar-refractivity contribution >= 4 is 0 Å². The van der Waals surface area contributed by atoms with E-state index in [1.54, 1.807) is 0 Å². The van der Waals surface area contributed by atoms with Crippen molar-refractivity contribution in [1.82, 2.24) is 5.32 Å². The van der Waals surface area contributed by atoms with Gasteiger partial charge in [-0.2, -0.15) is 0 Å². The summed E-state index contributed by atoms with van der Waals surface area (Å²) in [6.07, 6.45) is 4.75. The van der Waals surface area contributed by atoms with Gasteiger partial charge in [0.05, 0.1) is 12.1 Å². The molecule has 0 radical (unpaired) electrons. The highest BCUT2D eigenvalue weighted by Crippen LogP contribution is 2.18. The third-order valence-corrected chi connectivity index (χ3v) is 2.86. The second kappa shape index (κ2) is 6.44. The highest BCUT2D eigenvalue weighted by molar-refractivity contribution is 5.26. The average molecular weight is 231 g/mol. The predicted octanol–water partition coefficient (Wildman–Crippen LogP) is 2.45. The second-order valence-corrected chi connectivity index (χ2v) is 4.63. The molecule has 2 nitrogen and oxygen atoms in total. The Balaban J connectivity index is 2.58. The molecule has 2 N–H and O–H groups in total. The van der Waals surface area contributed by atoms with Crippen molar-refractivity contribution in [1.29, 1.82) is 0 Å². The third-order valence-electron chi connectivity index (χ3n) is 2.86. The van der Waals surface area contributed by atoms with Crippen LogP contribution in [0.2, 0.25) is 0 Å². The number of aliphatic hydroxyl groups excluding tert-OH is 1. The molecule has 0 saturated carbocycles. The molecule has 92 valence electrons. The van der Waals surface area contributed by atoms with Crippen LogP contribution in [-0.4, -0.2) is 17.7 Å². The molecule has 0 aromatic heterocycles. The standard InChI is InChI=1S/C15H21NO/c1-5-12(4)16-10-15(17)14-8-6-13(7-9-14)11(2)3/h1,6-9,11-12,15-17H,10H2,2-4H3. The van der Waals surface area contributed by atoms with Gasteiger partial charge < -0.3 is 10.4 Å². The highest BCUT2D eigenvalue weighted by atomic mass is 16.3. The van der Waals surface area contributed by atoms with Crippen molar-refractivity contribution < 1.29 is 5.11 Å². The van der Waals surface area contributed by atoms with Crippen LogP contribution in [0, 0.1) is 12.3 Å². The Kier molecular flexibility index (Phi) is 5.21. The fourth-order valence-corrected chi connectivity index (χ4v) is 1.57. The van der Waals surface area contributed by atoms with E-state index in [1.165, 1.54) is 5.56 Å². The van der Waals surface area contributed by atoms with E-state index in [-0.39, 0.29) is 6.04 Å². The molecule has 2 unspecified atom stereocenters. The monoisotopic (exact) mass is 231 g/mol. The van der Waals surface area contributed by atoms with Crippen LogP contribution in [-0.2, 0) is 0 Å². The molecule has 0 aliphatic heterocycles. The molecule has 2 heteroatoms. The Labute approximate surface area is 104 Å². The molecule has 0 amide bonds. The van der Waals surface area contributed by atoms with E-state index < -0.39 is 6.10 Å². The van der Waals surface area contributed by atoms with Gasteiger partial charge in [-0.15, -0.1) is 6.42 Å². The van der Waals surface area contributed by atoms with Crippen LogP contribution >= 0.6 is 0 Å². The molecule has 2 atom stereocenters. The summed E-state index contributed by atoms with van der Waals surface area (Å²) in [6.45, 7) is 6.68. The van der Waals surface area contributed by atoms with Crippen LogP contribution in [0.4, 0.5) is 0 Å². The first kappa shape index (κ1) is 13.8. The predicted molar refractivity (Wildman–Crippen MR) is 71.8 cm³/mol. The molecule has 0 aliphatic carbocycles. The van der Waals surface area contributed by atoms with Crippen molar-refractivity contribution in [3.8, 4) is 12.3 Å². The number of hydrogen-bond acceptors (Lipinski definition) is 2. The van der Waals surface area contributed by atoms with Crippen LogP contribution in [0.1, 0.15) is 43.9 Å². The van der Waals surface area contributed by atoms with Crippen LogP contribution in [0.5, 0.6) is 0 Å². The van der Waals surface area contributed by atoms with Crippen molar-refractivity contribution in [3.63, 3.8) is 0 Å². The average Bonchev–Trinajstić information content (AvgIpc) is 2.35. The van der Waals surface area contributed by atoms with Gasteiger partial charge in [0.25, 0.3) is 0 Å². The van der Waals surface area contributed by atoms with Gasteiger partial charge in [-0.05, 0) is 24.0 Å². The van der Waals surface area contributed by atoms with Crippen LogP contribution in [0.3, 0.4) is 0 Å². The van der Waals surface area contributed by atoms with Gasteiger partial charge >= 0.3 is 0 Å². The topological polar surface area (TPSA) is 32.3 Å². The first-order chi connectivity index (χ1) is 8.04. The zero-order valence-electron chi connectivity index (χ0n) is 10.8. The molecule has 0 fully saturated rings. The van der Waals surface area contributed by atoms with Crippen molar-refractivity contribution in [2.45, 2.75) is 38.8 Å². The molecule has 1 aromatic carbocycles. The number of hydrogen-bond donors (Lipinski definition) is 2. The molecule has 0 spiro atoms. The van der Waals surface area contributed by atoms with E-state index in [1.807, 2.05) is 19.1 Å². The van der Waals surface area contributed by atoms with E-state index in [4.69, 9.17) is 6.42 Å². The van der Waals surface area contributed by atoms with Gasteiger partial charge in [0.2, 0.25) is 0 Å². The molecule has 17 heavy (non-hydrogen) atoms. The van der Waals surface area contributed by atoms with E-state index in [9.17, 15) is 5.11 Å². The van der Waals surface area contributed by atoms with E-state index >= 15 is 0 Å². The number of aliphatic hydroxyl groups is 1. The highest BCUT2D eigenvalue weighted by Gasteiger charge is 2.08. The summed E-state index contributed by atoms with van der Waals surface area (Å²) >= 11 is 0. The quantitative estimate of drug-likeness (QED) is 0.763. The zero-order chi connectivity index (χ0) is 12.8. The van der Waals surface area contributed by atoms with Crippen LogP contribution in [0.15, 0.2) is 24.3 Å².